The highest BCUT2D eigenvalue weighted by Gasteiger charge is 2.28. The first-order chi connectivity index (χ1) is 12.0. The summed E-state index contributed by atoms with van der Waals surface area (Å²) in [6.07, 6.45) is 3.23. The van der Waals surface area contributed by atoms with Crippen LogP contribution in [0.15, 0.2) is 45.9 Å². The van der Waals surface area contributed by atoms with Gasteiger partial charge >= 0.3 is 0 Å². The number of hydrogen-bond donors (Lipinski definition) is 1. The summed E-state index contributed by atoms with van der Waals surface area (Å²) in [6.45, 7) is 1.22. The van der Waals surface area contributed by atoms with Gasteiger partial charge in [0.2, 0.25) is 10.0 Å². The summed E-state index contributed by atoms with van der Waals surface area (Å²) in [7, 11) is -2.16. The van der Waals surface area contributed by atoms with Crippen LogP contribution in [-0.2, 0) is 16.6 Å². The zero-order chi connectivity index (χ0) is 17.9. The molecule has 0 unspecified atom stereocenters. The molecule has 1 N–H and O–H groups in total. The van der Waals surface area contributed by atoms with Gasteiger partial charge in [-0.2, -0.15) is 4.31 Å². The van der Waals surface area contributed by atoms with Gasteiger partial charge in [0.05, 0.1) is 30.4 Å². The van der Waals surface area contributed by atoms with E-state index < -0.39 is 15.9 Å². The van der Waals surface area contributed by atoms with Gasteiger partial charge in [0.15, 0.2) is 0 Å². The quantitative estimate of drug-likeness (QED) is 0.847. The highest BCUT2D eigenvalue weighted by Crippen LogP contribution is 2.26. The van der Waals surface area contributed by atoms with Crippen molar-refractivity contribution < 1.29 is 22.4 Å². The minimum Gasteiger partial charge on any atom is -0.496 e. The molecule has 2 heterocycles. The zero-order valence-corrected chi connectivity index (χ0v) is 14.7. The van der Waals surface area contributed by atoms with Crippen molar-refractivity contribution in [3.05, 3.63) is 47.9 Å². The molecule has 0 spiro atoms. The van der Waals surface area contributed by atoms with E-state index in [-0.39, 0.29) is 17.0 Å². The molecular formula is C17H20N2O5S. The van der Waals surface area contributed by atoms with Gasteiger partial charge in [-0.15, -0.1) is 0 Å². The fraction of sp³-hybridized carbons (Fsp3) is 0.353. The Bertz CT molecular complexity index is 840. The van der Waals surface area contributed by atoms with Crippen LogP contribution in [-0.4, -0.2) is 38.8 Å². The highest BCUT2D eigenvalue weighted by molar-refractivity contribution is 7.89. The number of ether oxygens (including phenoxy) is 1. The number of furan rings is 1. The maximum absolute atomic E-state index is 12.7. The van der Waals surface area contributed by atoms with Crippen molar-refractivity contribution in [2.24, 2.45) is 0 Å². The van der Waals surface area contributed by atoms with Gasteiger partial charge in [0.25, 0.3) is 5.91 Å². The number of hydrogen-bond acceptors (Lipinski definition) is 5. The van der Waals surface area contributed by atoms with E-state index in [2.05, 4.69) is 5.32 Å². The van der Waals surface area contributed by atoms with E-state index in [1.807, 2.05) is 0 Å². The molecule has 134 valence electrons. The monoisotopic (exact) mass is 364 g/mol. The third-order valence-electron chi connectivity index (χ3n) is 4.12. The molecule has 1 aromatic heterocycles. The molecule has 1 aliphatic rings. The summed E-state index contributed by atoms with van der Waals surface area (Å²) in [5.74, 6) is 0.497. The first-order valence-electron chi connectivity index (χ1n) is 8.01. The SMILES string of the molecule is COc1ccc(S(=O)(=O)N2CCCC2)cc1C(=O)NCc1ccco1. The predicted octanol–water partition coefficient (Wildman–Crippen LogP) is 2.00. The standard InChI is InChI=1S/C17H20N2O5S/c1-23-16-7-6-14(25(21,22)19-8-2-3-9-19)11-15(16)17(20)18-12-13-5-4-10-24-13/h4-7,10-11H,2-3,8-9,12H2,1H3,(H,18,20). The lowest BCUT2D eigenvalue weighted by Crippen LogP contribution is -2.28. The van der Waals surface area contributed by atoms with E-state index in [1.54, 1.807) is 12.1 Å². The van der Waals surface area contributed by atoms with Gasteiger partial charge in [-0.25, -0.2) is 8.42 Å². The van der Waals surface area contributed by atoms with E-state index in [0.29, 0.717) is 24.6 Å². The first kappa shape index (κ1) is 17.5. The second-order valence-electron chi connectivity index (χ2n) is 5.74. The van der Waals surface area contributed by atoms with Crippen LogP contribution in [0.3, 0.4) is 0 Å². The average Bonchev–Trinajstić information content (AvgIpc) is 3.32. The number of nitrogens with one attached hydrogen (secondary N) is 1. The van der Waals surface area contributed by atoms with Crippen LogP contribution in [0.1, 0.15) is 29.0 Å². The van der Waals surface area contributed by atoms with Crippen molar-refractivity contribution in [3.63, 3.8) is 0 Å². The Labute approximate surface area is 146 Å². The number of carbonyl (C=O) groups excluding carboxylic acids is 1. The fourth-order valence-electron chi connectivity index (χ4n) is 2.78. The number of rotatable bonds is 6. The Morgan fingerprint density at radius 2 is 2.04 bits per heavy atom. The van der Waals surface area contributed by atoms with Crippen LogP contribution in [0.5, 0.6) is 5.75 Å². The van der Waals surface area contributed by atoms with E-state index in [9.17, 15) is 13.2 Å². The molecule has 1 amide bonds. The largest absolute Gasteiger partial charge is 0.496 e. The number of amides is 1. The van der Waals surface area contributed by atoms with Crippen molar-refractivity contribution in [1.29, 1.82) is 0 Å². The molecule has 3 rings (SSSR count). The van der Waals surface area contributed by atoms with Crippen molar-refractivity contribution in [3.8, 4) is 5.75 Å². The van der Waals surface area contributed by atoms with Crippen molar-refractivity contribution in [2.45, 2.75) is 24.3 Å². The summed E-state index contributed by atoms with van der Waals surface area (Å²) in [5.41, 5.74) is 0.175. The van der Waals surface area contributed by atoms with Crippen LogP contribution in [0.2, 0.25) is 0 Å². The van der Waals surface area contributed by atoms with Crippen LogP contribution < -0.4 is 10.1 Å². The fourth-order valence-corrected chi connectivity index (χ4v) is 4.32. The number of nitrogens with zero attached hydrogens (tertiary/aromatic N) is 1. The normalized spacial score (nSPS) is 15.2. The average molecular weight is 364 g/mol. The summed E-state index contributed by atoms with van der Waals surface area (Å²) in [6, 6.07) is 7.81. The second-order valence-corrected chi connectivity index (χ2v) is 7.67. The summed E-state index contributed by atoms with van der Waals surface area (Å²) in [4.78, 5) is 12.6. The van der Waals surface area contributed by atoms with Gasteiger partial charge in [-0.3, -0.25) is 4.79 Å². The number of methoxy groups -OCH3 is 1. The number of carbonyl (C=O) groups is 1. The molecule has 0 bridgehead atoms. The smallest absolute Gasteiger partial charge is 0.255 e. The summed E-state index contributed by atoms with van der Waals surface area (Å²) < 4.78 is 37.2. The van der Waals surface area contributed by atoms with Crippen LogP contribution in [0.25, 0.3) is 0 Å². The van der Waals surface area contributed by atoms with E-state index in [4.69, 9.17) is 9.15 Å². The zero-order valence-electron chi connectivity index (χ0n) is 13.9. The second kappa shape index (κ2) is 7.28. The van der Waals surface area contributed by atoms with Crippen LogP contribution in [0.4, 0.5) is 0 Å². The third-order valence-corrected chi connectivity index (χ3v) is 6.02. The topological polar surface area (TPSA) is 88.9 Å². The molecule has 1 aliphatic heterocycles. The third kappa shape index (κ3) is 3.69. The Morgan fingerprint density at radius 3 is 2.68 bits per heavy atom. The Hall–Kier alpha value is -2.32. The van der Waals surface area contributed by atoms with Gasteiger partial charge in [0.1, 0.15) is 11.5 Å². The predicted molar refractivity (Wildman–Crippen MR) is 90.9 cm³/mol. The van der Waals surface area contributed by atoms with Gasteiger partial charge in [-0.1, -0.05) is 0 Å². The summed E-state index contributed by atoms with van der Waals surface area (Å²) >= 11 is 0. The molecule has 0 aliphatic carbocycles. The molecule has 7 nitrogen and oxygen atoms in total. The molecule has 0 atom stereocenters. The Kier molecular flexibility index (Phi) is 5.10. The number of benzene rings is 1. The van der Waals surface area contributed by atoms with Crippen LogP contribution >= 0.6 is 0 Å². The molecular weight excluding hydrogens is 344 g/mol. The molecule has 0 saturated carbocycles. The lowest BCUT2D eigenvalue weighted by atomic mass is 10.2. The molecule has 0 radical (unpaired) electrons. The van der Waals surface area contributed by atoms with Crippen LogP contribution in [0, 0.1) is 0 Å². The summed E-state index contributed by atoms with van der Waals surface area (Å²) in [5, 5.41) is 2.70. The molecule has 1 fully saturated rings. The minimum atomic E-state index is -3.60. The maximum Gasteiger partial charge on any atom is 0.255 e. The lowest BCUT2D eigenvalue weighted by molar-refractivity contribution is 0.0944. The van der Waals surface area contributed by atoms with Gasteiger partial charge in [0, 0.05) is 13.1 Å². The molecule has 8 heteroatoms. The van der Waals surface area contributed by atoms with Crippen molar-refractivity contribution >= 4 is 15.9 Å². The van der Waals surface area contributed by atoms with Gasteiger partial charge in [-0.05, 0) is 43.2 Å². The van der Waals surface area contributed by atoms with Gasteiger partial charge < -0.3 is 14.5 Å². The van der Waals surface area contributed by atoms with E-state index >= 15 is 0 Å². The molecule has 2 aromatic rings. The van der Waals surface area contributed by atoms with E-state index in [1.165, 1.54) is 35.9 Å². The molecule has 1 aromatic carbocycles. The van der Waals surface area contributed by atoms with E-state index in [0.717, 1.165) is 12.8 Å². The highest BCUT2D eigenvalue weighted by atomic mass is 32.2. The Balaban J connectivity index is 1.85. The Morgan fingerprint density at radius 1 is 1.28 bits per heavy atom. The van der Waals surface area contributed by atoms with Crippen molar-refractivity contribution in [1.82, 2.24) is 9.62 Å². The number of sulfonamides is 1. The lowest BCUT2D eigenvalue weighted by Gasteiger charge is -2.17. The van der Waals surface area contributed by atoms with Crippen molar-refractivity contribution in [2.75, 3.05) is 20.2 Å². The molecule has 1 saturated heterocycles. The molecule has 25 heavy (non-hydrogen) atoms. The minimum absolute atomic E-state index is 0.0957. The first-order valence-corrected chi connectivity index (χ1v) is 9.45. The maximum atomic E-state index is 12.7.